The van der Waals surface area contributed by atoms with Gasteiger partial charge in [-0.2, -0.15) is 5.26 Å². The van der Waals surface area contributed by atoms with Crippen molar-refractivity contribution in [2.75, 3.05) is 7.05 Å². The van der Waals surface area contributed by atoms with Gasteiger partial charge in [-0.1, -0.05) is 30.3 Å². The highest BCUT2D eigenvalue weighted by molar-refractivity contribution is 5.97. The molecule has 1 aromatic carbocycles. The van der Waals surface area contributed by atoms with Gasteiger partial charge in [0.05, 0.1) is 6.04 Å². The monoisotopic (exact) mass is 229 g/mol. The lowest BCUT2D eigenvalue weighted by atomic mass is 10.1. The van der Waals surface area contributed by atoms with Crippen molar-refractivity contribution < 1.29 is 4.79 Å². The highest BCUT2D eigenvalue weighted by Gasteiger charge is 2.12. The lowest BCUT2D eigenvalue weighted by Crippen LogP contribution is -2.28. The van der Waals surface area contributed by atoms with Gasteiger partial charge in [0.15, 0.2) is 0 Å². The minimum absolute atomic E-state index is 0.0651. The predicted molar refractivity (Wildman–Crippen MR) is 65.8 cm³/mol. The van der Waals surface area contributed by atoms with E-state index in [0.29, 0.717) is 0 Å². The number of nitrogens with one attached hydrogen (secondary N) is 2. The highest BCUT2D eigenvalue weighted by Crippen LogP contribution is 2.11. The van der Waals surface area contributed by atoms with Crippen molar-refractivity contribution in [1.29, 1.82) is 5.26 Å². The molecule has 4 heteroatoms. The van der Waals surface area contributed by atoms with Crippen molar-refractivity contribution in [2.24, 2.45) is 0 Å². The molecule has 0 saturated carbocycles. The Kier molecular flexibility index (Phi) is 4.77. The third-order valence-corrected chi connectivity index (χ3v) is 2.30. The van der Waals surface area contributed by atoms with E-state index in [1.165, 1.54) is 6.20 Å². The molecule has 0 bridgehead atoms. The number of nitrogens with zero attached hydrogens (tertiary/aromatic N) is 1. The second-order valence-electron chi connectivity index (χ2n) is 3.56. The molecule has 0 aliphatic rings. The first-order chi connectivity index (χ1) is 8.19. The molecule has 2 N–H and O–H groups in total. The van der Waals surface area contributed by atoms with Gasteiger partial charge in [-0.15, -0.1) is 0 Å². The summed E-state index contributed by atoms with van der Waals surface area (Å²) in [5, 5.41) is 14.2. The van der Waals surface area contributed by atoms with Crippen molar-refractivity contribution in [3.63, 3.8) is 0 Å². The number of carbonyl (C=O) groups excluding carboxylic acids is 1. The Labute approximate surface area is 101 Å². The molecule has 1 rings (SSSR count). The zero-order chi connectivity index (χ0) is 12.7. The minimum Gasteiger partial charge on any atom is -0.393 e. The number of rotatable bonds is 4. The summed E-state index contributed by atoms with van der Waals surface area (Å²) in [6.07, 6.45) is 1.38. The fourth-order valence-electron chi connectivity index (χ4n) is 1.39. The van der Waals surface area contributed by atoms with Crippen molar-refractivity contribution in [1.82, 2.24) is 10.6 Å². The summed E-state index contributed by atoms with van der Waals surface area (Å²) in [6.45, 7) is 1.88. The fraction of sp³-hybridized carbons (Fsp3) is 0.231. The van der Waals surface area contributed by atoms with E-state index in [-0.39, 0.29) is 17.5 Å². The van der Waals surface area contributed by atoms with Crippen LogP contribution in [-0.4, -0.2) is 13.0 Å². The zero-order valence-corrected chi connectivity index (χ0v) is 9.90. The maximum Gasteiger partial charge on any atom is 0.263 e. The van der Waals surface area contributed by atoms with Gasteiger partial charge in [0.2, 0.25) is 0 Å². The normalized spacial score (nSPS) is 12.4. The second kappa shape index (κ2) is 6.33. The average molecular weight is 229 g/mol. The van der Waals surface area contributed by atoms with E-state index in [1.807, 2.05) is 43.3 Å². The molecular weight excluding hydrogens is 214 g/mol. The lowest BCUT2D eigenvalue weighted by molar-refractivity contribution is -0.117. The minimum atomic E-state index is -0.377. The van der Waals surface area contributed by atoms with Crippen LogP contribution < -0.4 is 10.6 Å². The Morgan fingerprint density at radius 1 is 1.41 bits per heavy atom. The van der Waals surface area contributed by atoms with Crippen LogP contribution in [0.15, 0.2) is 42.1 Å². The van der Waals surface area contributed by atoms with Crippen LogP contribution in [0.2, 0.25) is 0 Å². The van der Waals surface area contributed by atoms with Crippen molar-refractivity contribution in [2.45, 2.75) is 13.0 Å². The van der Waals surface area contributed by atoms with Crippen LogP contribution >= 0.6 is 0 Å². The van der Waals surface area contributed by atoms with Crippen molar-refractivity contribution in [3.05, 3.63) is 47.7 Å². The average Bonchev–Trinajstić information content (AvgIpc) is 2.36. The summed E-state index contributed by atoms with van der Waals surface area (Å²) >= 11 is 0. The molecule has 1 aromatic rings. The SMILES string of the molecule is CN/C=C(/C#N)C(=O)NC(C)c1ccccc1. The highest BCUT2D eigenvalue weighted by atomic mass is 16.1. The van der Waals surface area contributed by atoms with Crippen LogP contribution in [-0.2, 0) is 4.79 Å². The van der Waals surface area contributed by atoms with Gasteiger partial charge in [0.1, 0.15) is 11.6 Å². The van der Waals surface area contributed by atoms with Gasteiger partial charge >= 0.3 is 0 Å². The quantitative estimate of drug-likeness (QED) is 0.607. The summed E-state index contributed by atoms with van der Waals surface area (Å²) in [4.78, 5) is 11.7. The molecule has 0 aliphatic carbocycles. The zero-order valence-electron chi connectivity index (χ0n) is 9.90. The summed E-state index contributed by atoms with van der Waals surface area (Å²) in [5.41, 5.74) is 1.07. The number of hydrogen-bond donors (Lipinski definition) is 2. The molecule has 4 nitrogen and oxygen atoms in total. The molecule has 17 heavy (non-hydrogen) atoms. The number of nitriles is 1. The maximum atomic E-state index is 11.7. The number of amides is 1. The van der Waals surface area contributed by atoms with E-state index in [1.54, 1.807) is 7.05 Å². The van der Waals surface area contributed by atoms with Gasteiger partial charge in [0, 0.05) is 13.2 Å². The summed E-state index contributed by atoms with van der Waals surface area (Å²) in [5.74, 6) is -0.377. The van der Waals surface area contributed by atoms with Crippen LogP contribution in [0.3, 0.4) is 0 Å². The molecule has 1 amide bonds. The first-order valence-electron chi connectivity index (χ1n) is 5.32. The molecule has 88 valence electrons. The lowest BCUT2D eigenvalue weighted by Gasteiger charge is -2.13. The topological polar surface area (TPSA) is 64.9 Å². The molecule has 0 saturated heterocycles. The van der Waals surface area contributed by atoms with Crippen LogP contribution in [0.5, 0.6) is 0 Å². The van der Waals surface area contributed by atoms with Crippen LogP contribution in [0.1, 0.15) is 18.5 Å². The van der Waals surface area contributed by atoms with Crippen LogP contribution in [0, 0.1) is 11.3 Å². The predicted octanol–water partition coefficient (Wildman–Crippen LogP) is 1.49. The van der Waals surface area contributed by atoms with E-state index in [4.69, 9.17) is 5.26 Å². The molecule has 0 radical (unpaired) electrons. The molecule has 0 heterocycles. The molecular formula is C13H15N3O. The maximum absolute atomic E-state index is 11.7. The summed E-state index contributed by atoms with van der Waals surface area (Å²) in [6, 6.07) is 11.3. The van der Waals surface area contributed by atoms with E-state index in [2.05, 4.69) is 10.6 Å². The first kappa shape index (κ1) is 12.8. The Morgan fingerprint density at radius 3 is 2.59 bits per heavy atom. The Hall–Kier alpha value is -2.28. The smallest absolute Gasteiger partial charge is 0.263 e. The number of carbonyl (C=O) groups is 1. The molecule has 0 aliphatic heterocycles. The first-order valence-corrected chi connectivity index (χ1v) is 5.32. The van der Waals surface area contributed by atoms with Gasteiger partial charge in [0.25, 0.3) is 5.91 Å². The van der Waals surface area contributed by atoms with Gasteiger partial charge in [-0.25, -0.2) is 0 Å². The molecule has 0 fully saturated rings. The van der Waals surface area contributed by atoms with E-state index in [9.17, 15) is 4.79 Å². The Bertz CT molecular complexity index is 445. The van der Waals surface area contributed by atoms with Crippen LogP contribution in [0.4, 0.5) is 0 Å². The van der Waals surface area contributed by atoms with E-state index < -0.39 is 0 Å². The fourth-order valence-corrected chi connectivity index (χ4v) is 1.39. The number of benzene rings is 1. The molecule has 0 spiro atoms. The van der Waals surface area contributed by atoms with E-state index in [0.717, 1.165) is 5.56 Å². The third-order valence-electron chi connectivity index (χ3n) is 2.30. The third kappa shape index (κ3) is 3.65. The van der Waals surface area contributed by atoms with Crippen molar-refractivity contribution >= 4 is 5.91 Å². The summed E-state index contributed by atoms with van der Waals surface area (Å²) in [7, 11) is 1.64. The standard InChI is InChI=1S/C13H15N3O/c1-10(11-6-4-3-5-7-11)16-13(17)12(8-14)9-15-2/h3-7,9-10,15H,1-2H3,(H,16,17)/b12-9-. The molecule has 1 unspecified atom stereocenters. The summed E-state index contributed by atoms with van der Waals surface area (Å²) < 4.78 is 0. The van der Waals surface area contributed by atoms with Gasteiger partial charge in [-0.3, -0.25) is 4.79 Å². The number of hydrogen-bond acceptors (Lipinski definition) is 3. The second-order valence-corrected chi connectivity index (χ2v) is 3.56. The molecule has 1 atom stereocenters. The largest absolute Gasteiger partial charge is 0.393 e. The Balaban J connectivity index is 2.70. The van der Waals surface area contributed by atoms with Crippen LogP contribution in [0.25, 0.3) is 0 Å². The van der Waals surface area contributed by atoms with E-state index >= 15 is 0 Å². The van der Waals surface area contributed by atoms with Crippen molar-refractivity contribution in [3.8, 4) is 6.07 Å². The Morgan fingerprint density at radius 2 is 2.06 bits per heavy atom. The van der Waals surface area contributed by atoms with Gasteiger partial charge in [-0.05, 0) is 12.5 Å². The van der Waals surface area contributed by atoms with Gasteiger partial charge < -0.3 is 10.6 Å². The molecule has 0 aromatic heterocycles.